The first-order valence-electron chi connectivity index (χ1n) is 6.56. The lowest BCUT2D eigenvalue weighted by atomic mass is 10.1. The van der Waals surface area contributed by atoms with E-state index in [2.05, 4.69) is 4.40 Å². The molecule has 0 saturated heterocycles. The van der Waals surface area contributed by atoms with Crippen molar-refractivity contribution in [1.29, 1.82) is 0 Å². The second-order valence-corrected chi connectivity index (χ2v) is 6.85. The molecule has 1 atom stereocenters. The molecule has 6 heteroatoms. The van der Waals surface area contributed by atoms with Gasteiger partial charge in [-0.3, -0.25) is 10.1 Å². The van der Waals surface area contributed by atoms with Gasteiger partial charge in [-0.2, -0.15) is 4.40 Å². The number of nitrogens with zero attached hydrogens (tertiary/aromatic N) is 2. The molecule has 0 radical (unpaired) electrons. The van der Waals surface area contributed by atoms with Crippen LogP contribution in [-0.4, -0.2) is 19.6 Å². The summed E-state index contributed by atoms with van der Waals surface area (Å²) >= 11 is 0. The van der Waals surface area contributed by atoms with Gasteiger partial charge in [-0.1, -0.05) is 26.0 Å². The lowest BCUT2D eigenvalue weighted by Gasteiger charge is -2.19. The number of benzene rings is 1. The van der Waals surface area contributed by atoms with E-state index in [0.717, 1.165) is 6.42 Å². The zero-order valence-electron chi connectivity index (χ0n) is 12.3. The van der Waals surface area contributed by atoms with Gasteiger partial charge >= 0.3 is 0 Å². The van der Waals surface area contributed by atoms with Gasteiger partial charge in [0, 0.05) is 17.7 Å². The highest BCUT2D eigenvalue weighted by molar-refractivity contribution is 7.85. The van der Waals surface area contributed by atoms with Crippen molar-refractivity contribution in [3.05, 3.63) is 39.9 Å². The van der Waals surface area contributed by atoms with Gasteiger partial charge in [-0.05, 0) is 26.7 Å². The predicted octanol–water partition coefficient (Wildman–Crippen LogP) is 3.65. The molecule has 0 aliphatic rings. The first-order chi connectivity index (χ1) is 9.31. The summed E-state index contributed by atoms with van der Waals surface area (Å²) in [6, 6.07) is 6.28. The van der Waals surface area contributed by atoms with Crippen molar-refractivity contribution < 1.29 is 9.13 Å². The van der Waals surface area contributed by atoms with E-state index in [-0.39, 0.29) is 5.69 Å². The van der Waals surface area contributed by atoms with Crippen LogP contribution in [0.2, 0.25) is 0 Å². The molecule has 110 valence electrons. The number of nitro groups is 1. The molecule has 1 aromatic rings. The van der Waals surface area contributed by atoms with Crippen LogP contribution in [0.1, 0.15) is 46.1 Å². The van der Waals surface area contributed by atoms with Crippen LogP contribution in [0.25, 0.3) is 0 Å². The van der Waals surface area contributed by atoms with Crippen molar-refractivity contribution in [3.63, 3.8) is 0 Å². The van der Waals surface area contributed by atoms with E-state index in [1.807, 2.05) is 27.7 Å². The molecule has 0 aliphatic carbocycles. The minimum Gasteiger partial charge on any atom is -0.258 e. The highest BCUT2D eigenvalue weighted by atomic mass is 32.2. The number of nitro benzene ring substituents is 1. The predicted molar refractivity (Wildman–Crippen MR) is 82.4 cm³/mol. The Balaban J connectivity index is 3.17. The summed E-state index contributed by atoms with van der Waals surface area (Å²) in [4.78, 5) is 10.4. The smallest absolute Gasteiger partial charge is 0.258 e. The minimum absolute atomic E-state index is 0.0178. The van der Waals surface area contributed by atoms with E-state index >= 15 is 0 Å². The second-order valence-electron chi connectivity index (χ2n) is 5.06. The van der Waals surface area contributed by atoms with E-state index in [1.54, 1.807) is 12.1 Å². The number of hydrogen-bond donors (Lipinski definition) is 0. The maximum Gasteiger partial charge on any atom is 0.270 e. The Bertz CT molecular complexity index is 553. The fraction of sp³-hybridized carbons (Fsp3) is 0.500. The molecule has 0 unspecified atom stereocenters. The average molecular weight is 296 g/mol. The standard InChI is InChI=1S/C14H20N2O3S/c1-5-13(15-20(19)14(3,4)6-2)11-8-7-9-12(10-11)16(17)18/h7-10H,5-6H2,1-4H3/t20-/m1/s1. The van der Waals surface area contributed by atoms with Gasteiger partial charge in [0.25, 0.3) is 5.69 Å². The van der Waals surface area contributed by atoms with Crippen LogP contribution < -0.4 is 0 Å². The van der Waals surface area contributed by atoms with Crippen molar-refractivity contribution in [2.45, 2.75) is 45.3 Å². The van der Waals surface area contributed by atoms with E-state index in [9.17, 15) is 14.3 Å². The zero-order chi connectivity index (χ0) is 15.3. The molecule has 1 rings (SSSR count). The van der Waals surface area contributed by atoms with E-state index in [1.165, 1.54) is 12.1 Å². The van der Waals surface area contributed by atoms with Crippen molar-refractivity contribution in [2.24, 2.45) is 4.40 Å². The van der Waals surface area contributed by atoms with Crippen LogP contribution in [0, 0.1) is 10.1 Å². The second kappa shape index (κ2) is 6.74. The normalized spacial score (nSPS) is 14.1. The number of hydrogen-bond acceptors (Lipinski definition) is 3. The first-order valence-corrected chi connectivity index (χ1v) is 7.67. The van der Waals surface area contributed by atoms with Crippen LogP contribution in [0.4, 0.5) is 5.69 Å². The Hall–Kier alpha value is -1.56. The van der Waals surface area contributed by atoms with E-state index in [0.29, 0.717) is 17.7 Å². The molecule has 0 N–H and O–H groups in total. The summed E-state index contributed by atoms with van der Waals surface area (Å²) in [5, 5.41) is 10.8. The highest BCUT2D eigenvalue weighted by Crippen LogP contribution is 2.21. The van der Waals surface area contributed by atoms with Crippen molar-refractivity contribution in [2.75, 3.05) is 0 Å². The molecule has 0 fully saturated rings. The molecule has 20 heavy (non-hydrogen) atoms. The third kappa shape index (κ3) is 3.96. The molecular weight excluding hydrogens is 276 g/mol. The molecule has 1 aromatic carbocycles. The number of rotatable bonds is 6. The molecular formula is C14H20N2O3S. The van der Waals surface area contributed by atoms with Gasteiger partial charge in [-0.15, -0.1) is 0 Å². The van der Waals surface area contributed by atoms with Crippen LogP contribution in [-0.2, 0) is 11.0 Å². The summed E-state index contributed by atoms with van der Waals surface area (Å²) in [5.74, 6) is 0. The maximum atomic E-state index is 12.2. The summed E-state index contributed by atoms with van der Waals surface area (Å²) in [5.41, 5.74) is 1.31. The summed E-state index contributed by atoms with van der Waals surface area (Å²) < 4.78 is 16.1. The van der Waals surface area contributed by atoms with Crippen LogP contribution >= 0.6 is 0 Å². The van der Waals surface area contributed by atoms with Crippen molar-refractivity contribution in [3.8, 4) is 0 Å². The molecule has 0 aliphatic heterocycles. The summed E-state index contributed by atoms with van der Waals surface area (Å²) in [6.07, 6.45) is 1.32. The maximum absolute atomic E-state index is 12.2. The average Bonchev–Trinajstić information content (AvgIpc) is 2.44. The Kier molecular flexibility index (Phi) is 5.56. The van der Waals surface area contributed by atoms with Gasteiger partial charge in [0.05, 0.1) is 15.4 Å². The lowest BCUT2D eigenvalue weighted by Crippen LogP contribution is -2.24. The lowest BCUT2D eigenvalue weighted by molar-refractivity contribution is -0.384. The molecule has 0 saturated carbocycles. The SMILES string of the molecule is CCC(=N[S@](=O)C(C)(C)CC)c1cccc([N+](=O)[O-])c1. The van der Waals surface area contributed by atoms with Crippen molar-refractivity contribution in [1.82, 2.24) is 0 Å². The Morgan fingerprint density at radius 2 is 2.05 bits per heavy atom. The molecule has 0 heterocycles. The fourth-order valence-electron chi connectivity index (χ4n) is 1.47. The third-order valence-corrected chi connectivity index (χ3v) is 4.86. The Morgan fingerprint density at radius 3 is 2.55 bits per heavy atom. The molecule has 0 amide bonds. The highest BCUT2D eigenvalue weighted by Gasteiger charge is 2.24. The van der Waals surface area contributed by atoms with Gasteiger partial charge < -0.3 is 0 Å². The quantitative estimate of drug-likeness (QED) is 0.457. The Labute approximate surface area is 121 Å². The topological polar surface area (TPSA) is 72.6 Å². The summed E-state index contributed by atoms with van der Waals surface area (Å²) in [7, 11) is -1.36. The molecule has 0 bridgehead atoms. The molecule has 0 spiro atoms. The first kappa shape index (κ1) is 16.5. The minimum atomic E-state index is -1.36. The van der Waals surface area contributed by atoms with E-state index in [4.69, 9.17) is 0 Å². The van der Waals surface area contributed by atoms with Gasteiger partial charge in [0.1, 0.15) is 11.0 Å². The number of non-ortho nitro benzene ring substituents is 1. The van der Waals surface area contributed by atoms with E-state index < -0.39 is 20.7 Å². The molecule has 0 aromatic heterocycles. The fourth-order valence-corrected chi connectivity index (χ4v) is 2.40. The summed E-state index contributed by atoms with van der Waals surface area (Å²) in [6.45, 7) is 7.65. The molecule has 5 nitrogen and oxygen atoms in total. The van der Waals surface area contributed by atoms with Gasteiger partial charge in [0.15, 0.2) is 0 Å². The van der Waals surface area contributed by atoms with Crippen LogP contribution in [0.15, 0.2) is 28.7 Å². The van der Waals surface area contributed by atoms with Crippen LogP contribution in [0.5, 0.6) is 0 Å². The van der Waals surface area contributed by atoms with Crippen LogP contribution in [0.3, 0.4) is 0 Å². The largest absolute Gasteiger partial charge is 0.270 e. The van der Waals surface area contributed by atoms with Gasteiger partial charge in [-0.25, -0.2) is 4.21 Å². The Morgan fingerprint density at radius 1 is 1.40 bits per heavy atom. The van der Waals surface area contributed by atoms with Crippen molar-refractivity contribution >= 4 is 22.4 Å². The van der Waals surface area contributed by atoms with Gasteiger partial charge in [0.2, 0.25) is 0 Å². The monoisotopic (exact) mass is 296 g/mol. The zero-order valence-corrected chi connectivity index (χ0v) is 13.1. The third-order valence-electron chi connectivity index (χ3n) is 3.24.